The van der Waals surface area contributed by atoms with Gasteiger partial charge < -0.3 is 0 Å². The van der Waals surface area contributed by atoms with Gasteiger partial charge in [-0.1, -0.05) is 146 Å². The van der Waals surface area contributed by atoms with Gasteiger partial charge >= 0.3 is 0 Å². The van der Waals surface area contributed by atoms with Gasteiger partial charge in [-0.25, -0.2) is 0 Å². The number of aryl methyl sites for hydroxylation is 20. The smallest absolute Gasteiger partial charge is 0.0143 e. The topological polar surface area (TPSA) is 0 Å². The van der Waals surface area contributed by atoms with Gasteiger partial charge in [0.05, 0.1) is 0 Å². The second-order valence-corrected chi connectivity index (χ2v) is 31.7. The first kappa shape index (κ1) is 75.3. The van der Waals surface area contributed by atoms with Crippen molar-refractivity contribution in [3.63, 3.8) is 0 Å². The lowest BCUT2D eigenvalue weighted by molar-refractivity contribution is 1.25. The Kier molecular flexibility index (Phi) is 21.2. The Labute approximate surface area is 643 Å². The molecule has 0 spiro atoms. The van der Waals surface area contributed by atoms with Gasteiger partial charge in [-0.3, -0.25) is 0 Å². The SMILES string of the molecule is Cc1c(C)c(C)c2cc3ccccc3cc2c1C.Cc1c(C)c(C)c2cc3ccccc3cc2c1C.Cc1ccc2cc3c(C)c(C)ccc3cc2c1C.Cc1ccc2cc3c(C)c(C)ccc3cc2c1C.Cc1ccc2cc3c(C)c(C)ccc3cc2c1C.Cc1ccc2cc3ccc(C)c(C)c3cc2c1C. The standard InChI is InChI=1S/6C18H18/c3*1-11-5-7-15-10-18-14(4)12(2)6-8-16(18)9-17(15)13(11)3;1-11-5-7-15-9-16-8-6-12(2)14(4)18(16)10-17(15)13(11)3;2*1-11-12(2)14(4)18-10-16-8-6-5-7-15(16)9-17(18)13(11)3/h6*5-10H,1-4H3. The Morgan fingerprint density at radius 3 is 0.407 bits per heavy atom. The molecule has 0 radical (unpaired) electrons. The first-order chi connectivity index (χ1) is 51.5. The van der Waals surface area contributed by atoms with Gasteiger partial charge in [0, 0.05) is 0 Å². The van der Waals surface area contributed by atoms with E-state index in [9.17, 15) is 0 Å². The Bertz CT molecular complexity index is 5820. The van der Waals surface area contributed by atoms with Crippen LogP contribution in [0.3, 0.4) is 0 Å². The van der Waals surface area contributed by atoms with E-state index >= 15 is 0 Å². The molecular weight excluding hydrogens is 1300 g/mol. The molecule has 0 bridgehead atoms. The summed E-state index contributed by atoms with van der Waals surface area (Å²) in [6.45, 7) is 53.0. The van der Waals surface area contributed by atoms with Crippen molar-refractivity contribution in [3.05, 3.63) is 352 Å². The third kappa shape index (κ3) is 14.2. The number of fused-ring (bicyclic) bond motifs is 12. The minimum absolute atomic E-state index is 1.33. The monoisotopic (exact) mass is 1400 g/mol. The molecule has 0 saturated carbocycles. The van der Waals surface area contributed by atoms with Crippen molar-refractivity contribution in [2.75, 3.05) is 0 Å². The van der Waals surface area contributed by atoms with Gasteiger partial charge in [0.2, 0.25) is 0 Å². The zero-order valence-electron chi connectivity index (χ0n) is 68.8. The minimum Gasteiger partial charge on any atom is -0.0616 e. The molecule has 0 amide bonds. The molecule has 18 rings (SSSR count). The quantitative estimate of drug-likeness (QED) is 0.133. The molecular formula is C108H108. The van der Waals surface area contributed by atoms with Crippen LogP contribution in [-0.2, 0) is 0 Å². The van der Waals surface area contributed by atoms with Crippen molar-refractivity contribution in [2.24, 2.45) is 0 Å². The second-order valence-electron chi connectivity index (χ2n) is 31.7. The summed E-state index contributed by atoms with van der Waals surface area (Å²) >= 11 is 0. The van der Waals surface area contributed by atoms with Crippen LogP contribution in [-0.4, -0.2) is 0 Å². The summed E-state index contributed by atoms with van der Waals surface area (Å²) in [7, 11) is 0. The van der Waals surface area contributed by atoms with Gasteiger partial charge in [0.1, 0.15) is 0 Å². The summed E-state index contributed by atoms with van der Waals surface area (Å²) in [5.74, 6) is 0. The average molecular weight is 1410 g/mol. The Balaban J connectivity index is 0.000000114. The second kappa shape index (κ2) is 30.4. The van der Waals surface area contributed by atoms with Gasteiger partial charge in [0.15, 0.2) is 0 Å². The molecule has 0 nitrogen and oxygen atoms in total. The molecule has 0 heterocycles. The van der Waals surface area contributed by atoms with E-state index in [4.69, 9.17) is 0 Å². The predicted octanol–water partition coefficient (Wildman–Crippen LogP) is 31.4. The van der Waals surface area contributed by atoms with Crippen LogP contribution in [0.1, 0.15) is 134 Å². The maximum atomic E-state index is 2.36. The summed E-state index contributed by atoms with van der Waals surface area (Å²) in [6, 6.07) is 80.8. The molecule has 0 atom stereocenters. The van der Waals surface area contributed by atoms with Crippen LogP contribution < -0.4 is 0 Å². The number of hydrogen-bond acceptors (Lipinski definition) is 0. The molecule has 18 aromatic carbocycles. The van der Waals surface area contributed by atoms with E-state index in [1.807, 2.05) is 0 Å². The third-order valence-electron chi connectivity index (χ3n) is 25.7. The normalized spacial score (nSPS) is 11.3. The lowest BCUT2D eigenvalue weighted by Crippen LogP contribution is -1.94. The zero-order valence-corrected chi connectivity index (χ0v) is 68.8. The van der Waals surface area contributed by atoms with Crippen LogP contribution >= 0.6 is 0 Å². The van der Waals surface area contributed by atoms with E-state index in [1.165, 1.54) is 263 Å². The fourth-order valence-corrected chi connectivity index (χ4v) is 16.3. The lowest BCUT2D eigenvalue weighted by Gasteiger charge is -2.15. The summed E-state index contributed by atoms with van der Waals surface area (Å²) in [4.78, 5) is 0. The zero-order chi connectivity index (χ0) is 77.2. The molecule has 0 heteroatoms. The first-order valence-corrected chi connectivity index (χ1v) is 38.9. The van der Waals surface area contributed by atoms with Crippen LogP contribution in [0.4, 0.5) is 0 Å². The van der Waals surface area contributed by atoms with Crippen molar-refractivity contribution >= 4 is 129 Å². The lowest BCUT2D eigenvalue weighted by atomic mass is 9.90. The highest BCUT2D eigenvalue weighted by molar-refractivity contribution is 6.07. The van der Waals surface area contributed by atoms with Crippen LogP contribution in [0.25, 0.3) is 129 Å². The van der Waals surface area contributed by atoms with E-state index < -0.39 is 0 Å². The largest absolute Gasteiger partial charge is 0.0616 e. The molecule has 0 aliphatic heterocycles. The molecule has 0 aromatic heterocycles. The van der Waals surface area contributed by atoms with Crippen LogP contribution in [0.2, 0.25) is 0 Å². The first-order valence-electron chi connectivity index (χ1n) is 38.9. The van der Waals surface area contributed by atoms with E-state index in [-0.39, 0.29) is 0 Å². The van der Waals surface area contributed by atoms with Crippen molar-refractivity contribution in [1.29, 1.82) is 0 Å². The minimum atomic E-state index is 1.33. The molecule has 0 aliphatic rings. The van der Waals surface area contributed by atoms with Crippen molar-refractivity contribution in [3.8, 4) is 0 Å². The van der Waals surface area contributed by atoms with E-state index in [2.05, 4.69) is 385 Å². The third-order valence-corrected chi connectivity index (χ3v) is 25.7. The van der Waals surface area contributed by atoms with Crippen LogP contribution in [0, 0.1) is 166 Å². The highest BCUT2D eigenvalue weighted by Crippen LogP contribution is 2.38. The Hall–Kier alpha value is -10.9. The number of rotatable bonds is 0. The van der Waals surface area contributed by atoms with E-state index in [0.29, 0.717) is 0 Å². The highest BCUT2D eigenvalue weighted by atomic mass is 14.2. The van der Waals surface area contributed by atoms with Crippen molar-refractivity contribution < 1.29 is 0 Å². The van der Waals surface area contributed by atoms with Crippen molar-refractivity contribution in [1.82, 2.24) is 0 Å². The Morgan fingerprint density at radius 2 is 0.241 bits per heavy atom. The fourth-order valence-electron chi connectivity index (χ4n) is 16.3. The van der Waals surface area contributed by atoms with Gasteiger partial charge in [-0.05, 0) is 502 Å². The van der Waals surface area contributed by atoms with Gasteiger partial charge in [0.25, 0.3) is 0 Å². The van der Waals surface area contributed by atoms with Gasteiger partial charge in [-0.15, -0.1) is 0 Å². The molecule has 108 heavy (non-hydrogen) atoms. The van der Waals surface area contributed by atoms with Crippen LogP contribution in [0.5, 0.6) is 0 Å². The molecule has 0 N–H and O–H groups in total. The van der Waals surface area contributed by atoms with Gasteiger partial charge in [-0.2, -0.15) is 0 Å². The summed E-state index contributed by atoms with van der Waals surface area (Å²) < 4.78 is 0. The predicted molar refractivity (Wildman–Crippen MR) is 482 cm³/mol. The fraction of sp³-hybridized carbons (Fsp3) is 0.222. The van der Waals surface area contributed by atoms with E-state index in [1.54, 1.807) is 0 Å². The highest BCUT2D eigenvalue weighted by Gasteiger charge is 2.15. The average Bonchev–Trinajstić information content (AvgIpc) is 0.791. The molecule has 540 valence electrons. The van der Waals surface area contributed by atoms with Crippen LogP contribution in [0.15, 0.2) is 218 Å². The number of hydrogen-bond donors (Lipinski definition) is 0. The molecule has 0 saturated heterocycles. The maximum Gasteiger partial charge on any atom is -0.0143 e. The van der Waals surface area contributed by atoms with Crippen molar-refractivity contribution in [2.45, 2.75) is 166 Å². The molecule has 0 aliphatic carbocycles. The molecule has 18 aromatic rings. The van der Waals surface area contributed by atoms with E-state index in [0.717, 1.165) is 0 Å². The molecule has 0 unspecified atom stereocenters. The Morgan fingerprint density at radius 1 is 0.102 bits per heavy atom. The summed E-state index contributed by atoms with van der Waals surface area (Å²) in [5.41, 5.74) is 33.5. The molecule has 0 fully saturated rings. The summed E-state index contributed by atoms with van der Waals surface area (Å²) in [6.07, 6.45) is 0. The summed E-state index contributed by atoms with van der Waals surface area (Å²) in [5, 5.41) is 32.7. The maximum absolute atomic E-state index is 2.36. The number of benzene rings is 18.